The van der Waals surface area contributed by atoms with Crippen molar-refractivity contribution in [2.45, 2.75) is 51.5 Å². The molecular formula is C16H25N5O3S. The van der Waals surface area contributed by atoms with Crippen molar-refractivity contribution in [1.29, 1.82) is 0 Å². The maximum Gasteiger partial charge on any atom is 0.246 e. The van der Waals surface area contributed by atoms with Crippen molar-refractivity contribution in [3.63, 3.8) is 0 Å². The van der Waals surface area contributed by atoms with Gasteiger partial charge in [-0.05, 0) is 25.2 Å². The molecule has 25 heavy (non-hydrogen) atoms. The summed E-state index contributed by atoms with van der Waals surface area (Å²) in [6.45, 7) is 7.76. The third-order valence-corrected chi connectivity index (χ3v) is 6.19. The minimum absolute atomic E-state index is 0.198. The third-order valence-electron chi connectivity index (χ3n) is 4.37. The Morgan fingerprint density at radius 3 is 2.76 bits per heavy atom. The highest BCUT2D eigenvalue weighted by molar-refractivity contribution is 7.89. The van der Waals surface area contributed by atoms with Crippen LogP contribution in [0.2, 0.25) is 0 Å². The number of nitrogens with zero attached hydrogens (tertiary/aromatic N) is 5. The summed E-state index contributed by atoms with van der Waals surface area (Å²) in [7, 11) is -3.48. The molecule has 2 aromatic rings. The summed E-state index contributed by atoms with van der Waals surface area (Å²) in [4.78, 5) is 0.256. The second-order valence-corrected chi connectivity index (χ2v) is 8.88. The lowest BCUT2D eigenvalue weighted by atomic mass is 10.1. The van der Waals surface area contributed by atoms with Crippen LogP contribution in [0.25, 0.3) is 0 Å². The topological polar surface area (TPSA) is 94.1 Å². The fraction of sp³-hybridized carbons (Fsp3) is 0.688. The van der Waals surface area contributed by atoms with E-state index in [4.69, 9.17) is 4.42 Å². The number of aromatic nitrogens is 4. The van der Waals surface area contributed by atoms with Gasteiger partial charge in [0.25, 0.3) is 0 Å². The van der Waals surface area contributed by atoms with Gasteiger partial charge in [0.2, 0.25) is 21.8 Å². The van der Waals surface area contributed by atoms with E-state index in [9.17, 15) is 8.42 Å². The molecule has 0 spiro atoms. The molecule has 1 unspecified atom stereocenters. The lowest BCUT2D eigenvalue weighted by Gasteiger charge is -2.14. The molecule has 0 saturated carbocycles. The Morgan fingerprint density at radius 1 is 1.32 bits per heavy atom. The van der Waals surface area contributed by atoms with Crippen LogP contribution in [-0.2, 0) is 29.4 Å². The van der Waals surface area contributed by atoms with E-state index in [-0.39, 0.29) is 10.8 Å². The van der Waals surface area contributed by atoms with Crippen molar-refractivity contribution in [3.8, 4) is 0 Å². The molecule has 1 saturated heterocycles. The van der Waals surface area contributed by atoms with E-state index >= 15 is 0 Å². The summed E-state index contributed by atoms with van der Waals surface area (Å²) in [5, 5.41) is 12.2. The number of hydrogen-bond donors (Lipinski definition) is 0. The van der Waals surface area contributed by atoms with Crippen molar-refractivity contribution < 1.29 is 12.8 Å². The molecule has 1 aliphatic heterocycles. The normalized spacial score (nSPS) is 19.1. The van der Waals surface area contributed by atoms with Crippen LogP contribution in [0, 0.1) is 11.8 Å². The van der Waals surface area contributed by atoms with Crippen LogP contribution in [0.3, 0.4) is 0 Å². The monoisotopic (exact) mass is 367 g/mol. The summed E-state index contributed by atoms with van der Waals surface area (Å²) in [6, 6.07) is 0. The van der Waals surface area contributed by atoms with Gasteiger partial charge in [-0.15, -0.1) is 10.2 Å². The van der Waals surface area contributed by atoms with Crippen LogP contribution in [0.4, 0.5) is 0 Å². The molecule has 9 heteroatoms. The highest BCUT2D eigenvalue weighted by Crippen LogP contribution is 2.26. The van der Waals surface area contributed by atoms with Crippen LogP contribution >= 0.6 is 0 Å². The average molecular weight is 367 g/mol. The van der Waals surface area contributed by atoms with Crippen LogP contribution in [0.5, 0.6) is 0 Å². The van der Waals surface area contributed by atoms with E-state index in [1.807, 2.05) is 6.92 Å². The zero-order chi connectivity index (χ0) is 18.0. The summed E-state index contributed by atoms with van der Waals surface area (Å²) >= 11 is 0. The molecule has 3 heterocycles. The van der Waals surface area contributed by atoms with Gasteiger partial charge in [0.15, 0.2) is 0 Å². The quantitative estimate of drug-likeness (QED) is 0.740. The SMILES string of the molecule is CCn1cc(S(=O)(=O)N2CCC(Cc3nnc(CC(C)C)o3)C2)cn1. The van der Waals surface area contributed by atoms with E-state index in [2.05, 4.69) is 29.1 Å². The standard InChI is InChI=1S/C16H25N5O3S/c1-4-20-11-14(9-17-20)25(22,23)21-6-5-13(10-21)8-16-19-18-15(24-16)7-12(2)3/h9,11-13H,4-8,10H2,1-3H3. The van der Waals surface area contributed by atoms with Gasteiger partial charge >= 0.3 is 0 Å². The molecule has 0 aliphatic carbocycles. The van der Waals surface area contributed by atoms with Gasteiger partial charge in [-0.1, -0.05) is 13.8 Å². The Balaban J connectivity index is 1.62. The minimum atomic E-state index is -3.48. The third kappa shape index (κ3) is 4.09. The molecule has 0 N–H and O–H groups in total. The molecule has 0 bridgehead atoms. The molecule has 1 atom stereocenters. The van der Waals surface area contributed by atoms with Gasteiger partial charge in [-0.2, -0.15) is 9.40 Å². The molecule has 0 amide bonds. The van der Waals surface area contributed by atoms with Crippen LogP contribution in [0.15, 0.2) is 21.7 Å². The fourth-order valence-electron chi connectivity index (χ4n) is 3.03. The first-order valence-corrected chi connectivity index (χ1v) is 10.2. The van der Waals surface area contributed by atoms with E-state index in [0.29, 0.717) is 43.8 Å². The van der Waals surface area contributed by atoms with Crippen molar-refractivity contribution in [3.05, 3.63) is 24.2 Å². The summed E-state index contributed by atoms with van der Waals surface area (Å²) in [6.07, 6.45) is 5.18. The molecule has 138 valence electrons. The highest BCUT2D eigenvalue weighted by Gasteiger charge is 2.34. The molecule has 1 aliphatic rings. The highest BCUT2D eigenvalue weighted by atomic mass is 32.2. The smallest absolute Gasteiger partial charge is 0.246 e. The van der Waals surface area contributed by atoms with E-state index < -0.39 is 10.0 Å². The van der Waals surface area contributed by atoms with Crippen LogP contribution < -0.4 is 0 Å². The first-order chi connectivity index (χ1) is 11.9. The first-order valence-electron chi connectivity index (χ1n) is 8.72. The molecule has 2 aromatic heterocycles. The number of hydrogen-bond acceptors (Lipinski definition) is 6. The number of rotatable bonds is 7. The zero-order valence-corrected chi connectivity index (χ0v) is 15.7. The Kier molecular flexibility index (Phi) is 5.24. The second kappa shape index (κ2) is 7.25. The molecule has 1 fully saturated rings. The molecule has 0 aromatic carbocycles. The Hall–Kier alpha value is -1.74. The van der Waals surface area contributed by atoms with Gasteiger partial charge in [0, 0.05) is 38.7 Å². The molecule has 8 nitrogen and oxygen atoms in total. The largest absolute Gasteiger partial charge is 0.425 e. The average Bonchev–Trinajstić information content (AvgIpc) is 3.27. The minimum Gasteiger partial charge on any atom is -0.425 e. The zero-order valence-electron chi connectivity index (χ0n) is 14.9. The van der Waals surface area contributed by atoms with Gasteiger partial charge in [-0.3, -0.25) is 4.68 Å². The van der Waals surface area contributed by atoms with Crippen molar-refractivity contribution >= 4 is 10.0 Å². The van der Waals surface area contributed by atoms with Crippen LogP contribution in [0.1, 0.15) is 39.0 Å². The summed E-state index contributed by atoms with van der Waals surface area (Å²) < 4.78 is 34.2. The predicted octanol–water partition coefficient (Wildman–Crippen LogP) is 1.74. The lowest BCUT2D eigenvalue weighted by molar-refractivity contribution is 0.391. The Labute approximate surface area is 148 Å². The second-order valence-electron chi connectivity index (χ2n) is 6.94. The maximum atomic E-state index is 12.7. The van der Waals surface area contributed by atoms with E-state index in [1.54, 1.807) is 10.9 Å². The molecule has 3 rings (SSSR count). The molecular weight excluding hydrogens is 342 g/mol. The van der Waals surface area contributed by atoms with Gasteiger partial charge in [-0.25, -0.2) is 8.42 Å². The van der Waals surface area contributed by atoms with Crippen molar-refractivity contribution in [1.82, 2.24) is 24.3 Å². The predicted molar refractivity (Wildman–Crippen MR) is 91.3 cm³/mol. The fourth-order valence-corrected chi connectivity index (χ4v) is 4.52. The van der Waals surface area contributed by atoms with Gasteiger partial charge in [0.05, 0.1) is 6.20 Å². The Bertz CT molecular complexity index is 811. The van der Waals surface area contributed by atoms with E-state index in [0.717, 1.165) is 12.8 Å². The maximum absolute atomic E-state index is 12.7. The summed E-state index contributed by atoms with van der Waals surface area (Å²) in [5.41, 5.74) is 0. The van der Waals surface area contributed by atoms with Crippen molar-refractivity contribution in [2.24, 2.45) is 11.8 Å². The molecule has 0 radical (unpaired) electrons. The lowest BCUT2D eigenvalue weighted by Crippen LogP contribution is -2.29. The number of aryl methyl sites for hydroxylation is 1. The van der Waals surface area contributed by atoms with Gasteiger partial charge < -0.3 is 4.42 Å². The number of sulfonamides is 1. The summed E-state index contributed by atoms with van der Waals surface area (Å²) in [5.74, 6) is 1.91. The first kappa shape index (κ1) is 18.1. The van der Waals surface area contributed by atoms with E-state index in [1.165, 1.54) is 10.5 Å². The van der Waals surface area contributed by atoms with Gasteiger partial charge in [0.1, 0.15) is 4.90 Å². The Morgan fingerprint density at radius 2 is 2.08 bits per heavy atom. The van der Waals surface area contributed by atoms with Crippen molar-refractivity contribution in [2.75, 3.05) is 13.1 Å². The van der Waals surface area contributed by atoms with Crippen LogP contribution in [-0.4, -0.2) is 45.8 Å².